The molecule has 0 saturated carbocycles. The van der Waals surface area contributed by atoms with Crippen LogP contribution in [-0.2, 0) is 4.79 Å². The van der Waals surface area contributed by atoms with Crippen LogP contribution < -0.4 is 18.9 Å². The van der Waals surface area contributed by atoms with Crippen LogP contribution in [0.5, 0.6) is 28.7 Å². The van der Waals surface area contributed by atoms with Gasteiger partial charge in [0.1, 0.15) is 17.2 Å². The van der Waals surface area contributed by atoms with E-state index < -0.39 is 5.97 Å². The zero-order chi connectivity index (χ0) is 26.1. The Morgan fingerprint density at radius 3 is 2.11 bits per heavy atom. The van der Waals surface area contributed by atoms with E-state index in [9.17, 15) is 9.90 Å². The van der Waals surface area contributed by atoms with Gasteiger partial charge in [-0.2, -0.15) is 0 Å². The van der Waals surface area contributed by atoms with Gasteiger partial charge in [-0.25, -0.2) is 0 Å². The van der Waals surface area contributed by atoms with Crippen LogP contribution in [0, 0.1) is 6.92 Å². The van der Waals surface area contributed by atoms with E-state index in [1.807, 2.05) is 83.1 Å². The molecule has 36 heavy (non-hydrogen) atoms. The summed E-state index contributed by atoms with van der Waals surface area (Å²) in [6.07, 6.45) is -0.248. The third-order valence-corrected chi connectivity index (χ3v) is 5.85. The molecule has 0 bridgehead atoms. The summed E-state index contributed by atoms with van der Waals surface area (Å²) in [5.41, 5.74) is 2.08. The Bertz CT molecular complexity index is 1440. The van der Waals surface area contributed by atoms with Crippen LogP contribution in [0.4, 0.5) is 0 Å². The van der Waals surface area contributed by atoms with E-state index in [0.29, 0.717) is 44.5 Å². The summed E-state index contributed by atoms with van der Waals surface area (Å²) in [6.45, 7) is 10.9. The summed E-state index contributed by atoms with van der Waals surface area (Å²) in [7, 11) is 1.59. The number of hydrogen-bond acceptors (Lipinski definition) is 6. The molecule has 4 rings (SSSR count). The van der Waals surface area contributed by atoms with Gasteiger partial charge in [0.15, 0.2) is 11.5 Å². The van der Waals surface area contributed by atoms with Crippen molar-refractivity contribution >= 4 is 27.5 Å². The first-order valence-corrected chi connectivity index (χ1v) is 12.0. The molecule has 0 aromatic heterocycles. The lowest BCUT2D eigenvalue weighted by molar-refractivity contribution is -0.131. The maximum absolute atomic E-state index is 12.3. The minimum Gasteiger partial charge on any atom is -0.507 e. The van der Waals surface area contributed by atoms with Crippen LogP contribution in [0.3, 0.4) is 0 Å². The first kappa shape index (κ1) is 25.2. The van der Waals surface area contributed by atoms with Crippen molar-refractivity contribution in [2.24, 2.45) is 0 Å². The molecule has 0 aliphatic heterocycles. The van der Waals surface area contributed by atoms with Crippen molar-refractivity contribution in [1.29, 1.82) is 0 Å². The van der Waals surface area contributed by atoms with E-state index in [1.165, 1.54) is 6.92 Å². The Morgan fingerprint density at radius 2 is 1.53 bits per heavy atom. The smallest absolute Gasteiger partial charge is 0.308 e. The van der Waals surface area contributed by atoms with Gasteiger partial charge in [0.25, 0.3) is 0 Å². The van der Waals surface area contributed by atoms with E-state index in [0.717, 1.165) is 10.9 Å². The average Bonchev–Trinajstić information content (AvgIpc) is 2.82. The van der Waals surface area contributed by atoms with Crippen LogP contribution in [0.2, 0.25) is 0 Å². The highest BCUT2D eigenvalue weighted by atomic mass is 16.6. The van der Waals surface area contributed by atoms with Crippen molar-refractivity contribution in [2.45, 2.75) is 53.8 Å². The zero-order valence-electron chi connectivity index (χ0n) is 21.8. The second-order valence-electron chi connectivity index (χ2n) is 9.29. The maximum Gasteiger partial charge on any atom is 0.308 e. The van der Waals surface area contributed by atoms with E-state index in [-0.39, 0.29) is 23.7 Å². The molecule has 6 nitrogen and oxygen atoms in total. The number of esters is 1. The lowest BCUT2D eigenvalue weighted by Crippen LogP contribution is -2.11. The Labute approximate surface area is 211 Å². The molecule has 1 N–H and O–H groups in total. The molecule has 0 amide bonds. The predicted octanol–water partition coefficient (Wildman–Crippen LogP) is 7.18. The standard InChI is InChI=1S/C30H32O6/c1-16(2)34-23-15-21-13-14-22-26(24(21)27(32)18(23)5)29(33-7)25(20-11-9-8-10-12-20)30(35-17(3)4)28(22)36-19(6)31/h8-17,32H,1-7H3. The van der Waals surface area contributed by atoms with Crippen molar-refractivity contribution in [3.8, 4) is 39.9 Å². The van der Waals surface area contributed by atoms with Crippen LogP contribution in [-0.4, -0.2) is 30.4 Å². The summed E-state index contributed by atoms with van der Waals surface area (Å²) in [6, 6.07) is 15.3. The van der Waals surface area contributed by atoms with Gasteiger partial charge in [0, 0.05) is 28.6 Å². The van der Waals surface area contributed by atoms with Gasteiger partial charge in [0.05, 0.1) is 24.9 Å². The molecule has 0 heterocycles. The Kier molecular flexibility index (Phi) is 6.97. The average molecular weight is 489 g/mol. The Hall–Kier alpha value is -3.93. The molecule has 6 heteroatoms. The number of methoxy groups -OCH3 is 1. The highest BCUT2D eigenvalue weighted by Crippen LogP contribution is 2.54. The summed E-state index contributed by atoms with van der Waals surface area (Å²) in [5, 5.41) is 14.0. The van der Waals surface area contributed by atoms with E-state index in [4.69, 9.17) is 18.9 Å². The van der Waals surface area contributed by atoms with Crippen molar-refractivity contribution in [2.75, 3.05) is 7.11 Å². The predicted molar refractivity (Wildman–Crippen MR) is 143 cm³/mol. The lowest BCUT2D eigenvalue weighted by Gasteiger charge is -2.24. The van der Waals surface area contributed by atoms with Gasteiger partial charge in [-0.05, 0) is 57.7 Å². The fourth-order valence-corrected chi connectivity index (χ4v) is 4.48. The minimum absolute atomic E-state index is 0.0495. The quantitative estimate of drug-likeness (QED) is 0.169. The normalized spacial score (nSPS) is 11.4. The summed E-state index contributed by atoms with van der Waals surface area (Å²) in [5.74, 6) is 1.42. The molecule has 0 saturated heterocycles. The van der Waals surface area contributed by atoms with Crippen LogP contribution in [0.25, 0.3) is 32.7 Å². The number of carbonyl (C=O) groups excluding carboxylic acids is 1. The van der Waals surface area contributed by atoms with Crippen LogP contribution in [0.15, 0.2) is 48.5 Å². The van der Waals surface area contributed by atoms with Crippen molar-refractivity contribution < 1.29 is 28.8 Å². The molecule has 0 aliphatic rings. The molecule has 0 aliphatic carbocycles. The number of benzene rings is 4. The van der Waals surface area contributed by atoms with Gasteiger partial charge < -0.3 is 24.1 Å². The highest BCUT2D eigenvalue weighted by Gasteiger charge is 2.28. The lowest BCUT2D eigenvalue weighted by atomic mass is 9.92. The number of ether oxygens (including phenoxy) is 4. The molecule has 188 valence electrons. The number of phenols is 1. The van der Waals surface area contributed by atoms with Crippen molar-refractivity contribution in [1.82, 2.24) is 0 Å². The molecule has 0 atom stereocenters. The topological polar surface area (TPSA) is 74.2 Å². The number of aromatic hydroxyl groups is 1. The first-order chi connectivity index (χ1) is 17.1. The molecule has 0 fully saturated rings. The largest absolute Gasteiger partial charge is 0.507 e. The molecular weight excluding hydrogens is 456 g/mol. The van der Waals surface area contributed by atoms with Gasteiger partial charge in [-0.1, -0.05) is 36.4 Å². The molecule has 0 unspecified atom stereocenters. The van der Waals surface area contributed by atoms with E-state index >= 15 is 0 Å². The number of fused-ring (bicyclic) bond motifs is 3. The van der Waals surface area contributed by atoms with Crippen molar-refractivity contribution in [3.05, 3.63) is 54.1 Å². The summed E-state index contributed by atoms with van der Waals surface area (Å²) < 4.78 is 24.0. The zero-order valence-corrected chi connectivity index (χ0v) is 21.8. The highest BCUT2D eigenvalue weighted by molar-refractivity contribution is 6.19. The molecular formula is C30H32O6. The number of hydrogen-bond donors (Lipinski definition) is 1. The van der Waals surface area contributed by atoms with Gasteiger partial charge >= 0.3 is 5.97 Å². The third-order valence-electron chi connectivity index (χ3n) is 5.85. The van der Waals surface area contributed by atoms with Gasteiger partial charge in [-0.15, -0.1) is 0 Å². The molecule has 0 spiro atoms. The van der Waals surface area contributed by atoms with Crippen LogP contribution in [0.1, 0.15) is 40.2 Å². The second kappa shape index (κ2) is 9.97. The molecule has 4 aromatic carbocycles. The maximum atomic E-state index is 12.3. The molecule has 0 radical (unpaired) electrons. The Morgan fingerprint density at radius 1 is 0.861 bits per heavy atom. The van der Waals surface area contributed by atoms with Crippen LogP contribution >= 0.6 is 0 Å². The first-order valence-electron chi connectivity index (χ1n) is 12.0. The summed E-state index contributed by atoms with van der Waals surface area (Å²) >= 11 is 0. The molecule has 4 aromatic rings. The monoisotopic (exact) mass is 488 g/mol. The number of rotatable bonds is 7. The minimum atomic E-state index is -0.477. The van der Waals surface area contributed by atoms with E-state index in [1.54, 1.807) is 7.11 Å². The number of carbonyl (C=O) groups is 1. The number of phenolic OH excluding ortho intramolecular Hbond substituents is 1. The fourth-order valence-electron chi connectivity index (χ4n) is 4.48. The Balaban J connectivity index is 2.26. The fraction of sp³-hybridized carbons (Fsp3) is 0.300. The van der Waals surface area contributed by atoms with E-state index in [2.05, 4.69) is 0 Å². The van der Waals surface area contributed by atoms with Gasteiger partial charge in [-0.3, -0.25) is 4.79 Å². The SMILES string of the molecule is COc1c(-c2ccccc2)c(OC(C)C)c(OC(C)=O)c2ccc3cc(OC(C)C)c(C)c(O)c3c12. The van der Waals surface area contributed by atoms with Crippen molar-refractivity contribution in [3.63, 3.8) is 0 Å². The van der Waals surface area contributed by atoms with Gasteiger partial charge in [0.2, 0.25) is 0 Å². The second-order valence-corrected chi connectivity index (χ2v) is 9.29. The summed E-state index contributed by atoms with van der Waals surface area (Å²) in [4.78, 5) is 12.3. The third kappa shape index (κ3) is 4.51.